The number of primary amides is 1. The van der Waals surface area contributed by atoms with Gasteiger partial charge in [0.15, 0.2) is 0 Å². The minimum absolute atomic E-state index is 0.0223. The van der Waals surface area contributed by atoms with E-state index in [-0.39, 0.29) is 24.5 Å². The van der Waals surface area contributed by atoms with Crippen molar-refractivity contribution in [2.75, 3.05) is 13.2 Å². The van der Waals surface area contributed by atoms with Crippen LogP contribution in [0.4, 0.5) is 0 Å². The molecule has 0 radical (unpaired) electrons. The molecule has 102 valence electrons. The van der Waals surface area contributed by atoms with Crippen molar-refractivity contribution in [2.45, 2.75) is 38.3 Å². The summed E-state index contributed by atoms with van der Waals surface area (Å²) in [7, 11) is 0. The zero-order chi connectivity index (χ0) is 13.6. The van der Waals surface area contributed by atoms with Crippen molar-refractivity contribution >= 4 is 11.8 Å². The van der Waals surface area contributed by atoms with Gasteiger partial charge in [-0.3, -0.25) is 9.59 Å². The van der Waals surface area contributed by atoms with E-state index >= 15 is 0 Å². The number of nitrogens with two attached hydrogens (primary N) is 2. The molecule has 3 unspecified atom stereocenters. The average Bonchev–Trinajstić information content (AvgIpc) is 2.34. The second-order valence-electron chi connectivity index (χ2n) is 5.78. The maximum Gasteiger partial charge on any atom is 0.241 e. The van der Waals surface area contributed by atoms with Gasteiger partial charge in [0, 0.05) is 17.9 Å². The summed E-state index contributed by atoms with van der Waals surface area (Å²) in [4.78, 5) is 22.9. The first-order chi connectivity index (χ1) is 8.31. The molecule has 1 saturated carbocycles. The van der Waals surface area contributed by atoms with Crippen LogP contribution in [0, 0.1) is 11.3 Å². The molecule has 6 nitrogen and oxygen atoms in total. The first-order valence-electron chi connectivity index (χ1n) is 6.29. The number of ether oxygens (including phenoxy) is 1. The van der Waals surface area contributed by atoms with Crippen molar-refractivity contribution in [2.24, 2.45) is 22.8 Å². The molecule has 0 aromatic heterocycles. The zero-order valence-corrected chi connectivity index (χ0v) is 10.9. The fourth-order valence-electron chi connectivity index (χ4n) is 3.35. The van der Waals surface area contributed by atoms with Crippen molar-refractivity contribution in [3.63, 3.8) is 0 Å². The van der Waals surface area contributed by atoms with E-state index in [1.807, 2.05) is 13.8 Å². The van der Waals surface area contributed by atoms with Gasteiger partial charge in [-0.05, 0) is 12.8 Å². The van der Waals surface area contributed by atoms with E-state index in [1.165, 1.54) is 0 Å². The van der Waals surface area contributed by atoms with Gasteiger partial charge in [0.2, 0.25) is 11.8 Å². The van der Waals surface area contributed by atoms with Crippen molar-refractivity contribution in [1.29, 1.82) is 0 Å². The summed E-state index contributed by atoms with van der Waals surface area (Å²) in [6.07, 6.45) is 1.82. The number of amides is 2. The minimum atomic E-state index is -0.979. The van der Waals surface area contributed by atoms with Gasteiger partial charge in [-0.2, -0.15) is 0 Å². The van der Waals surface area contributed by atoms with E-state index < -0.39 is 16.9 Å². The molecule has 2 rings (SSSR count). The summed E-state index contributed by atoms with van der Waals surface area (Å²) in [5.74, 6) is -0.854. The van der Waals surface area contributed by atoms with Gasteiger partial charge in [-0.1, -0.05) is 13.8 Å². The van der Waals surface area contributed by atoms with Crippen molar-refractivity contribution in [3.05, 3.63) is 0 Å². The highest BCUT2D eigenvalue weighted by Gasteiger charge is 2.70. The monoisotopic (exact) mass is 255 g/mol. The first-order valence-corrected chi connectivity index (χ1v) is 6.29. The Kier molecular flexibility index (Phi) is 3.11. The van der Waals surface area contributed by atoms with E-state index in [2.05, 4.69) is 5.32 Å². The Balaban J connectivity index is 2.13. The summed E-state index contributed by atoms with van der Waals surface area (Å²) in [5, 5.41) is 2.52. The summed E-state index contributed by atoms with van der Waals surface area (Å²) in [6, 6.07) is 0. The average molecular weight is 255 g/mol. The molecule has 1 saturated heterocycles. The third kappa shape index (κ3) is 1.63. The fraction of sp³-hybridized carbons (Fsp3) is 0.833. The van der Waals surface area contributed by atoms with E-state index in [4.69, 9.17) is 16.2 Å². The highest BCUT2D eigenvalue weighted by atomic mass is 16.5. The third-order valence-electron chi connectivity index (χ3n) is 4.48. The van der Waals surface area contributed by atoms with E-state index in [1.54, 1.807) is 0 Å². The van der Waals surface area contributed by atoms with E-state index in [9.17, 15) is 9.59 Å². The van der Waals surface area contributed by atoms with Gasteiger partial charge in [0.1, 0.15) is 5.54 Å². The molecule has 0 aromatic carbocycles. The van der Waals surface area contributed by atoms with Crippen LogP contribution in [0.3, 0.4) is 0 Å². The molecule has 1 heterocycles. The van der Waals surface area contributed by atoms with Gasteiger partial charge < -0.3 is 21.5 Å². The summed E-state index contributed by atoms with van der Waals surface area (Å²) >= 11 is 0. The lowest BCUT2D eigenvalue weighted by atomic mass is 9.46. The lowest BCUT2D eigenvalue weighted by molar-refractivity contribution is -0.225. The lowest BCUT2D eigenvalue weighted by Gasteiger charge is -2.65. The molecule has 2 fully saturated rings. The van der Waals surface area contributed by atoms with Crippen LogP contribution in [-0.4, -0.2) is 36.6 Å². The predicted octanol–water partition coefficient (Wildman–Crippen LogP) is -0.880. The summed E-state index contributed by atoms with van der Waals surface area (Å²) in [6.45, 7) is 4.42. The molecular formula is C12H21N3O3. The number of carbonyl (C=O) groups is 2. The predicted molar refractivity (Wildman–Crippen MR) is 65.4 cm³/mol. The molecule has 3 atom stereocenters. The van der Waals surface area contributed by atoms with Gasteiger partial charge in [-0.15, -0.1) is 0 Å². The topological polar surface area (TPSA) is 107 Å². The Hall–Kier alpha value is -1.14. The Morgan fingerprint density at radius 2 is 2.11 bits per heavy atom. The number of carbonyl (C=O) groups excluding carboxylic acids is 2. The van der Waals surface area contributed by atoms with Crippen molar-refractivity contribution in [3.8, 4) is 0 Å². The van der Waals surface area contributed by atoms with Crippen LogP contribution in [0.1, 0.15) is 26.7 Å². The second kappa shape index (κ2) is 4.20. The standard InChI is InChI=1S/C12H21N3O3/c1-11(2)9-7(4-3-5-18-9)12(11,14)10(17)15-6-8(13)16/h7,9H,3-6,14H2,1-2H3,(H2,13,16)(H,15,17). The van der Waals surface area contributed by atoms with Crippen LogP contribution in [0.15, 0.2) is 0 Å². The lowest BCUT2D eigenvalue weighted by Crippen LogP contribution is -2.82. The smallest absolute Gasteiger partial charge is 0.241 e. The molecule has 0 spiro atoms. The van der Waals surface area contributed by atoms with Crippen LogP contribution in [0.25, 0.3) is 0 Å². The normalized spacial score (nSPS) is 37.3. The summed E-state index contributed by atoms with van der Waals surface area (Å²) in [5.41, 5.74) is 9.94. The van der Waals surface area contributed by atoms with Gasteiger partial charge in [0.25, 0.3) is 0 Å². The summed E-state index contributed by atoms with van der Waals surface area (Å²) < 4.78 is 5.71. The number of hydrogen-bond donors (Lipinski definition) is 3. The number of rotatable bonds is 3. The van der Waals surface area contributed by atoms with Crippen molar-refractivity contribution < 1.29 is 14.3 Å². The fourth-order valence-corrected chi connectivity index (χ4v) is 3.35. The van der Waals surface area contributed by atoms with E-state index in [0.717, 1.165) is 19.4 Å². The highest BCUT2D eigenvalue weighted by molar-refractivity contribution is 5.92. The molecule has 2 aliphatic rings. The molecule has 6 heteroatoms. The molecule has 0 aromatic rings. The van der Waals surface area contributed by atoms with Crippen LogP contribution in [0.5, 0.6) is 0 Å². The number of hydrogen-bond acceptors (Lipinski definition) is 4. The van der Waals surface area contributed by atoms with Crippen LogP contribution in [0.2, 0.25) is 0 Å². The van der Waals surface area contributed by atoms with Gasteiger partial charge in [-0.25, -0.2) is 0 Å². The maximum absolute atomic E-state index is 12.2. The largest absolute Gasteiger partial charge is 0.377 e. The number of fused-ring (bicyclic) bond motifs is 1. The highest BCUT2D eigenvalue weighted by Crippen LogP contribution is 2.57. The third-order valence-corrected chi connectivity index (χ3v) is 4.48. The van der Waals surface area contributed by atoms with E-state index in [0.29, 0.717) is 0 Å². The maximum atomic E-state index is 12.2. The second-order valence-corrected chi connectivity index (χ2v) is 5.78. The molecule has 5 N–H and O–H groups in total. The Labute approximate surface area is 106 Å². The van der Waals surface area contributed by atoms with Crippen LogP contribution < -0.4 is 16.8 Å². The van der Waals surface area contributed by atoms with Gasteiger partial charge in [0.05, 0.1) is 12.6 Å². The van der Waals surface area contributed by atoms with Crippen LogP contribution >= 0.6 is 0 Å². The number of nitrogens with one attached hydrogen (secondary N) is 1. The minimum Gasteiger partial charge on any atom is -0.377 e. The molecule has 18 heavy (non-hydrogen) atoms. The molecular weight excluding hydrogens is 234 g/mol. The zero-order valence-electron chi connectivity index (χ0n) is 10.9. The first kappa shape index (κ1) is 13.3. The SMILES string of the molecule is CC1(C)C2OCCCC2C1(N)C(=O)NCC(N)=O. The molecule has 1 aliphatic heterocycles. The molecule has 0 bridgehead atoms. The van der Waals surface area contributed by atoms with Gasteiger partial charge >= 0.3 is 0 Å². The molecule has 2 amide bonds. The quantitative estimate of drug-likeness (QED) is 0.608. The Bertz CT molecular complexity index is 383. The van der Waals surface area contributed by atoms with Crippen molar-refractivity contribution in [1.82, 2.24) is 5.32 Å². The van der Waals surface area contributed by atoms with Crippen LogP contribution in [-0.2, 0) is 14.3 Å². The molecule has 1 aliphatic carbocycles. The Morgan fingerprint density at radius 1 is 1.44 bits per heavy atom. The Morgan fingerprint density at radius 3 is 2.72 bits per heavy atom.